The Hall–Kier alpha value is -17.6. The van der Waals surface area contributed by atoms with E-state index >= 15 is 0 Å². The van der Waals surface area contributed by atoms with Crippen molar-refractivity contribution in [3.8, 4) is 178 Å². The molecule has 22 aromatic rings. The molecular weight excluding hydrogens is 1760 g/mol. The lowest BCUT2D eigenvalue weighted by atomic mass is 9.81. The van der Waals surface area contributed by atoms with E-state index in [-0.39, 0.29) is 21.7 Å². The second kappa shape index (κ2) is 36.4. The highest BCUT2D eigenvalue weighted by atomic mass is 15.1. The predicted molar refractivity (Wildman–Crippen MR) is 618 cm³/mol. The Morgan fingerprint density at radius 3 is 0.418 bits per heavy atom. The Bertz CT molecular complexity index is 8700. The lowest BCUT2D eigenvalue weighted by molar-refractivity contribution is 0.660. The molecule has 4 aliphatic rings. The average molecular weight is 1870 g/mol. The van der Waals surface area contributed by atoms with Crippen LogP contribution < -0.4 is 9.80 Å². The van der Waals surface area contributed by atoms with Gasteiger partial charge in [0.1, 0.15) is 0 Å². The van der Waals surface area contributed by atoms with Crippen LogP contribution in [-0.4, -0.2) is 0 Å². The van der Waals surface area contributed by atoms with E-state index in [1.165, 1.54) is 223 Å². The summed E-state index contributed by atoms with van der Waals surface area (Å²) in [6, 6.07) is 193. The van der Waals surface area contributed by atoms with Gasteiger partial charge < -0.3 is 9.80 Å². The number of hydrogen-bond acceptors (Lipinski definition) is 2. The molecule has 0 aromatic heterocycles. The fourth-order valence-corrected chi connectivity index (χ4v) is 23.6. The minimum absolute atomic E-state index is 0.194. The first-order valence-corrected chi connectivity index (χ1v) is 51.3. The Morgan fingerprint density at radius 2 is 0.226 bits per heavy atom. The summed E-state index contributed by atoms with van der Waals surface area (Å²) in [5, 5.41) is 0. The normalized spacial score (nSPS) is 13.4. The molecule has 0 spiro atoms. The van der Waals surface area contributed by atoms with E-state index in [1.807, 2.05) is 0 Å². The molecule has 22 aromatic carbocycles. The molecule has 4 aliphatic carbocycles. The van der Waals surface area contributed by atoms with Crippen LogP contribution in [0.1, 0.15) is 99.9 Å². The van der Waals surface area contributed by atoms with Gasteiger partial charge in [-0.2, -0.15) is 0 Å². The number of fused-ring (bicyclic) bond motifs is 12. The van der Waals surface area contributed by atoms with Crippen LogP contribution >= 0.6 is 0 Å². The molecule has 146 heavy (non-hydrogen) atoms. The van der Waals surface area contributed by atoms with Crippen LogP contribution in [0.4, 0.5) is 34.1 Å². The van der Waals surface area contributed by atoms with E-state index in [1.54, 1.807) is 0 Å². The summed E-state index contributed by atoms with van der Waals surface area (Å²) < 4.78 is 0. The fraction of sp³-hybridized carbons (Fsp3) is 0.0833. The number of hydrogen-bond donors (Lipinski definition) is 0. The molecule has 0 heterocycles. The monoisotopic (exact) mass is 1870 g/mol. The largest absolute Gasteiger partial charge is 0.310 e. The summed E-state index contributed by atoms with van der Waals surface area (Å²) in [5.74, 6) is 0. The van der Waals surface area contributed by atoms with Crippen molar-refractivity contribution in [1.29, 1.82) is 0 Å². The highest BCUT2D eigenvalue weighted by Gasteiger charge is 2.42. The lowest BCUT2D eigenvalue weighted by Gasteiger charge is -2.30. The second-order valence-electron chi connectivity index (χ2n) is 41.9. The third-order valence-corrected chi connectivity index (χ3v) is 31.9. The molecule has 0 amide bonds. The summed E-state index contributed by atoms with van der Waals surface area (Å²) in [5.41, 5.74) is 56.7. The minimum atomic E-state index is -0.228. The third kappa shape index (κ3) is 16.2. The van der Waals surface area contributed by atoms with Crippen molar-refractivity contribution in [2.45, 2.75) is 77.0 Å². The molecule has 0 saturated carbocycles. The van der Waals surface area contributed by atoms with Crippen molar-refractivity contribution >= 4 is 34.1 Å². The van der Waals surface area contributed by atoms with Crippen molar-refractivity contribution in [3.63, 3.8) is 0 Å². The quantitative estimate of drug-likeness (QED) is 0.0845. The van der Waals surface area contributed by atoms with Gasteiger partial charge in [-0.3, -0.25) is 0 Å². The van der Waals surface area contributed by atoms with E-state index in [2.05, 4.69) is 587 Å². The number of anilines is 6. The lowest BCUT2D eigenvalue weighted by Crippen LogP contribution is -2.18. The van der Waals surface area contributed by atoms with E-state index in [9.17, 15) is 0 Å². The van der Waals surface area contributed by atoms with Crippen molar-refractivity contribution in [3.05, 3.63) is 566 Å². The molecule has 0 bridgehead atoms. The fourth-order valence-electron chi connectivity index (χ4n) is 23.6. The molecule has 0 fully saturated rings. The van der Waals surface area contributed by atoms with Crippen LogP contribution in [0.15, 0.2) is 522 Å². The van der Waals surface area contributed by atoms with Crippen molar-refractivity contribution < 1.29 is 0 Å². The van der Waals surface area contributed by atoms with Gasteiger partial charge in [0.15, 0.2) is 0 Å². The van der Waals surface area contributed by atoms with E-state index < -0.39 is 0 Å². The second-order valence-corrected chi connectivity index (χ2v) is 41.9. The Morgan fingerprint density at radius 1 is 0.103 bits per heavy atom. The van der Waals surface area contributed by atoms with Crippen molar-refractivity contribution in [2.24, 2.45) is 0 Å². The first-order valence-electron chi connectivity index (χ1n) is 51.3. The van der Waals surface area contributed by atoms with Gasteiger partial charge >= 0.3 is 0 Å². The first kappa shape index (κ1) is 89.8. The van der Waals surface area contributed by atoms with Gasteiger partial charge in [-0.05, 0) is 326 Å². The van der Waals surface area contributed by atoms with Crippen LogP contribution in [-0.2, 0) is 21.7 Å². The van der Waals surface area contributed by atoms with E-state index in [0.29, 0.717) is 0 Å². The molecule has 0 aliphatic heterocycles. The predicted octanol–water partition coefficient (Wildman–Crippen LogP) is 39.5. The minimum Gasteiger partial charge on any atom is -0.310 e. The molecular formula is C144H110N2. The van der Waals surface area contributed by atoms with Crippen LogP contribution in [0.5, 0.6) is 0 Å². The standard InChI is InChI=1S/2C72H55N/c1-71(2)67-44-58(50-19-12-7-13-20-50)33-39-63(67)65-41-37-61(46-69(65)71)73(60-35-31-55(32-36-60)57-22-14-21-56(43-57)49-17-10-6-11-18-49)62-38-42-66-64-40-34-59(45-68(64)72(3,4)70(66)47-62)54-29-27-53(28-30-54)52-25-23-51(24-26-52)48-15-8-5-9-16-48;1-71(2)67-44-58(50-18-12-7-13-19-50)34-40-63(67)65-42-38-61(46-69(65)71)73(60-36-32-56(33-37-60)55-26-22-52(23-27-55)49-16-10-6-11-17-49)62-39-43-66-64-41-35-59(45-68(64)72(3,4)70(66)47-62)57-30-28-54(29-31-57)53-24-20-51(21-25-53)48-14-8-5-9-15-48/h2*5-47H,1-4H3. The van der Waals surface area contributed by atoms with Gasteiger partial charge in [0.25, 0.3) is 0 Å². The summed E-state index contributed by atoms with van der Waals surface area (Å²) in [6.07, 6.45) is 0. The molecule has 0 radical (unpaired) electrons. The number of benzene rings is 22. The Labute approximate surface area is 859 Å². The highest BCUT2D eigenvalue weighted by Crippen LogP contribution is 2.59. The third-order valence-electron chi connectivity index (χ3n) is 31.9. The molecule has 0 N–H and O–H groups in total. The molecule has 26 rings (SSSR count). The summed E-state index contributed by atoms with van der Waals surface area (Å²) >= 11 is 0. The summed E-state index contributed by atoms with van der Waals surface area (Å²) in [6.45, 7) is 19.2. The molecule has 2 heteroatoms. The molecule has 696 valence electrons. The van der Waals surface area contributed by atoms with Crippen LogP contribution in [0, 0.1) is 0 Å². The summed E-state index contributed by atoms with van der Waals surface area (Å²) in [4.78, 5) is 4.94. The summed E-state index contributed by atoms with van der Waals surface area (Å²) in [7, 11) is 0. The zero-order valence-corrected chi connectivity index (χ0v) is 83.5. The average Bonchev–Trinajstić information content (AvgIpc) is 1.57. The Kier molecular flexibility index (Phi) is 22.4. The van der Waals surface area contributed by atoms with Gasteiger partial charge in [-0.25, -0.2) is 0 Å². The topological polar surface area (TPSA) is 6.48 Å². The van der Waals surface area contributed by atoms with Crippen molar-refractivity contribution in [2.75, 3.05) is 9.80 Å². The van der Waals surface area contributed by atoms with Crippen LogP contribution in [0.3, 0.4) is 0 Å². The SMILES string of the molecule is CC1(C)c2cc(-c3ccccc3)ccc2-c2ccc(N(c3ccc(-c4ccc(-c5ccccc5)cc4)cc3)c3ccc4c(c3)C(C)(C)c3cc(-c5ccc(-c6ccc(-c7ccccc7)cc6)cc5)ccc3-4)cc21.CC1(C)c2cc(-c3ccccc3)ccc2-c2ccc(N(c3ccc(-c4cccc(-c5ccccc5)c4)cc3)c3ccc4c(c3)C(C)(C)c3cc(-c5ccc(-c6ccc(-c7ccccc7)cc6)cc5)ccc3-4)cc21. The molecule has 0 unspecified atom stereocenters. The maximum Gasteiger partial charge on any atom is 0.0465 e. The van der Waals surface area contributed by atoms with Gasteiger partial charge in [-0.1, -0.05) is 474 Å². The Balaban J connectivity index is 0.000000152. The molecule has 0 saturated heterocycles. The first-order chi connectivity index (χ1) is 71.3. The van der Waals surface area contributed by atoms with E-state index in [4.69, 9.17) is 0 Å². The molecule has 2 nitrogen and oxygen atoms in total. The number of rotatable bonds is 18. The van der Waals surface area contributed by atoms with Crippen LogP contribution in [0.2, 0.25) is 0 Å². The van der Waals surface area contributed by atoms with Crippen molar-refractivity contribution in [1.82, 2.24) is 0 Å². The zero-order valence-electron chi connectivity index (χ0n) is 83.5. The maximum atomic E-state index is 2.47. The van der Waals surface area contributed by atoms with E-state index in [0.717, 1.165) is 34.1 Å². The number of nitrogens with zero attached hydrogens (tertiary/aromatic N) is 2. The van der Waals surface area contributed by atoms with Gasteiger partial charge in [0, 0.05) is 55.8 Å². The van der Waals surface area contributed by atoms with Crippen LogP contribution in [0.25, 0.3) is 178 Å². The van der Waals surface area contributed by atoms with Gasteiger partial charge in [0.05, 0.1) is 0 Å². The molecule has 0 atom stereocenters. The van der Waals surface area contributed by atoms with Gasteiger partial charge in [0.2, 0.25) is 0 Å². The zero-order chi connectivity index (χ0) is 98.5. The highest BCUT2D eigenvalue weighted by molar-refractivity contribution is 5.95. The van der Waals surface area contributed by atoms with Gasteiger partial charge in [-0.15, -0.1) is 0 Å². The maximum absolute atomic E-state index is 2.47. The smallest absolute Gasteiger partial charge is 0.0465 e.